The summed E-state index contributed by atoms with van der Waals surface area (Å²) in [5.41, 5.74) is 7.36. The summed E-state index contributed by atoms with van der Waals surface area (Å²) < 4.78 is 2.35. The summed E-state index contributed by atoms with van der Waals surface area (Å²) in [4.78, 5) is 5.15. The lowest BCUT2D eigenvalue weighted by Crippen LogP contribution is -2.13. The minimum atomic E-state index is 0.0537. The van der Waals surface area contributed by atoms with Crippen LogP contribution in [0.25, 0.3) is 38.4 Å². The lowest BCUT2D eigenvalue weighted by molar-refractivity contribution is 0.596. The maximum atomic E-state index is 5.15. The minimum Gasteiger partial charge on any atom is -0.292 e. The van der Waals surface area contributed by atoms with Crippen LogP contribution in [0.3, 0.4) is 0 Å². The van der Waals surface area contributed by atoms with Gasteiger partial charge in [-0.25, -0.2) is 4.98 Å². The lowest BCUT2D eigenvalue weighted by Gasteiger charge is -2.23. The van der Waals surface area contributed by atoms with Crippen LogP contribution >= 0.6 is 0 Å². The summed E-state index contributed by atoms with van der Waals surface area (Å²) in [7, 11) is 0. The molecule has 0 atom stereocenters. The van der Waals surface area contributed by atoms with Crippen molar-refractivity contribution in [2.75, 3.05) is 0 Å². The molecular weight excluding hydrogens is 352 g/mol. The molecular formula is C27H28N2. The second-order valence-electron chi connectivity index (χ2n) is 10.2. The molecule has 5 aromatic rings. The summed E-state index contributed by atoms with van der Waals surface area (Å²) >= 11 is 0. The number of nitrogens with zero attached hydrogens (tertiary/aromatic N) is 2. The first-order valence-corrected chi connectivity index (χ1v) is 10.4. The Labute approximate surface area is 172 Å². The van der Waals surface area contributed by atoms with Crippen molar-refractivity contribution in [1.82, 2.24) is 9.38 Å². The van der Waals surface area contributed by atoms with Crippen LogP contribution in [0.15, 0.2) is 60.7 Å². The van der Waals surface area contributed by atoms with Crippen molar-refractivity contribution in [3.05, 3.63) is 71.8 Å². The van der Waals surface area contributed by atoms with Crippen LogP contribution in [0, 0.1) is 0 Å². The predicted molar refractivity (Wildman–Crippen MR) is 125 cm³/mol. The summed E-state index contributed by atoms with van der Waals surface area (Å²) in [6, 6.07) is 22.1. The van der Waals surface area contributed by atoms with Crippen molar-refractivity contribution in [3.63, 3.8) is 0 Å². The highest BCUT2D eigenvalue weighted by Gasteiger charge is 2.23. The Morgan fingerprint density at radius 3 is 1.83 bits per heavy atom. The zero-order chi connectivity index (χ0) is 20.6. The smallest absolute Gasteiger partial charge is 0.138 e. The Hall–Kier alpha value is -2.87. The molecule has 2 heteroatoms. The first-order valence-electron chi connectivity index (χ1n) is 10.4. The van der Waals surface area contributed by atoms with Crippen molar-refractivity contribution in [3.8, 4) is 0 Å². The van der Waals surface area contributed by atoms with E-state index < -0.39 is 0 Å². The van der Waals surface area contributed by atoms with E-state index in [9.17, 15) is 0 Å². The van der Waals surface area contributed by atoms with Gasteiger partial charge < -0.3 is 0 Å². The fourth-order valence-electron chi connectivity index (χ4n) is 4.62. The molecule has 0 fully saturated rings. The van der Waals surface area contributed by atoms with Crippen LogP contribution in [0.1, 0.15) is 52.7 Å². The monoisotopic (exact) mass is 380 g/mol. The average molecular weight is 381 g/mol. The Morgan fingerprint density at radius 1 is 0.621 bits per heavy atom. The van der Waals surface area contributed by atoms with Gasteiger partial charge in [0.05, 0.1) is 16.6 Å². The third-order valence-corrected chi connectivity index (χ3v) is 6.02. The highest BCUT2D eigenvalue weighted by atomic mass is 15.0. The van der Waals surface area contributed by atoms with Gasteiger partial charge in [-0.3, -0.25) is 4.40 Å². The van der Waals surface area contributed by atoms with Crippen LogP contribution in [0.5, 0.6) is 0 Å². The number of benzene rings is 3. The van der Waals surface area contributed by atoms with Crippen molar-refractivity contribution >= 4 is 38.4 Å². The molecule has 0 unspecified atom stereocenters. The molecule has 0 aliphatic heterocycles. The summed E-state index contributed by atoms with van der Waals surface area (Å²) in [5, 5.41) is 3.84. The first kappa shape index (κ1) is 18.2. The van der Waals surface area contributed by atoms with E-state index in [1.54, 1.807) is 0 Å². The number of hydrogen-bond acceptors (Lipinski definition) is 1. The molecule has 0 radical (unpaired) electrons. The number of aromatic nitrogens is 2. The number of fused-ring (bicyclic) bond motifs is 7. The van der Waals surface area contributed by atoms with Crippen molar-refractivity contribution < 1.29 is 0 Å². The van der Waals surface area contributed by atoms with Gasteiger partial charge in [0, 0.05) is 10.8 Å². The molecule has 2 nitrogen and oxygen atoms in total. The highest BCUT2D eigenvalue weighted by molar-refractivity contribution is 6.09. The maximum Gasteiger partial charge on any atom is 0.138 e. The zero-order valence-electron chi connectivity index (χ0n) is 18.2. The van der Waals surface area contributed by atoms with Gasteiger partial charge in [0.15, 0.2) is 0 Å². The average Bonchev–Trinajstić information content (AvgIpc) is 3.04. The number of rotatable bonds is 0. The summed E-state index contributed by atoms with van der Waals surface area (Å²) in [6.45, 7) is 13.7. The first-order chi connectivity index (χ1) is 13.7. The highest BCUT2D eigenvalue weighted by Crippen LogP contribution is 2.38. The molecule has 5 rings (SSSR count). The van der Waals surface area contributed by atoms with Gasteiger partial charge >= 0.3 is 0 Å². The Balaban J connectivity index is 2.07. The fraction of sp³-hybridized carbons (Fsp3) is 0.296. The largest absolute Gasteiger partial charge is 0.292 e. The van der Waals surface area contributed by atoms with E-state index >= 15 is 0 Å². The predicted octanol–water partition coefficient (Wildman–Crippen LogP) is 7.39. The molecule has 0 aliphatic rings. The van der Waals surface area contributed by atoms with Gasteiger partial charge in [-0.1, -0.05) is 84.0 Å². The van der Waals surface area contributed by atoms with Crippen molar-refractivity contribution in [2.24, 2.45) is 0 Å². The summed E-state index contributed by atoms with van der Waals surface area (Å²) in [6.07, 6.45) is 0. The van der Waals surface area contributed by atoms with Crippen molar-refractivity contribution in [2.45, 2.75) is 52.4 Å². The molecule has 0 spiro atoms. The molecule has 29 heavy (non-hydrogen) atoms. The molecule has 2 heterocycles. The SMILES string of the molecule is CC(C)(C)c1cc2c(nc3cc(C(C)(C)C)c4ccccc4n32)c2ccccc12. The van der Waals surface area contributed by atoms with Crippen LogP contribution in [0.4, 0.5) is 0 Å². The van der Waals surface area contributed by atoms with Gasteiger partial charge in [-0.05, 0) is 45.5 Å². The molecule has 0 saturated heterocycles. The molecule has 0 amide bonds. The van der Waals surface area contributed by atoms with E-state index in [0.29, 0.717) is 0 Å². The molecule has 3 aromatic carbocycles. The van der Waals surface area contributed by atoms with Gasteiger partial charge in [0.25, 0.3) is 0 Å². The molecule has 0 saturated carbocycles. The third-order valence-electron chi connectivity index (χ3n) is 6.02. The van der Waals surface area contributed by atoms with Crippen LogP contribution < -0.4 is 0 Å². The second kappa shape index (κ2) is 5.82. The van der Waals surface area contributed by atoms with Gasteiger partial charge in [-0.2, -0.15) is 0 Å². The number of pyridine rings is 1. The van der Waals surface area contributed by atoms with E-state index in [4.69, 9.17) is 4.98 Å². The van der Waals surface area contributed by atoms with Crippen LogP contribution in [-0.2, 0) is 10.8 Å². The molecule has 0 N–H and O–H groups in total. The molecule has 0 aliphatic carbocycles. The Kier molecular flexibility index (Phi) is 3.65. The van der Waals surface area contributed by atoms with Crippen LogP contribution in [0.2, 0.25) is 0 Å². The zero-order valence-corrected chi connectivity index (χ0v) is 18.2. The lowest BCUT2D eigenvalue weighted by atomic mass is 9.83. The number of hydrogen-bond donors (Lipinski definition) is 0. The normalized spacial score (nSPS) is 13.2. The van der Waals surface area contributed by atoms with Gasteiger partial charge in [0.1, 0.15) is 5.65 Å². The standard InChI is InChI=1S/C27H28N2/c1-26(2,3)20-15-23-25(18-12-8-7-11-17(18)20)28-24-16-21(27(4,5)6)19-13-9-10-14-22(19)29(23)24/h7-16H,1-6H3. The fourth-order valence-corrected chi connectivity index (χ4v) is 4.62. The second-order valence-corrected chi connectivity index (χ2v) is 10.2. The summed E-state index contributed by atoms with van der Waals surface area (Å²) in [5.74, 6) is 0. The number of imidazole rings is 1. The minimum absolute atomic E-state index is 0.0537. The topological polar surface area (TPSA) is 17.3 Å². The van der Waals surface area contributed by atoms with Gasteiger partial charge in [0.2, 0.25) is 0 Å². The number of para-hydroxylation sites is 1. The third kappa shape index (κ3) is 2.66. The van der Waals surface area contributed by atoms with Gasteiger partial charge in [-0.15, -0.1) is 0 Å². The quantitative estimate of drug-likeness (QED) is 0.274. The Morgan fingerprint density at radius 2 is 1.17 bits per heavy atom. The van der Waals surface area contributed by atoms with Crippen LogP contribution in [-0.4, -0.2) is 9.38 Å². The van der Waals surface area contributed by atoms with E-state index in [1.165, 1.54) is 38.3 Å². The molecule has 2 aromatic heterocycles. The van der Waals surface area contributed by atoms with E-state index in [-0.39, 0.29) is 10.8 Å². The van der Waals surface area contributed by atoms with Crippen molar-refractivity contribution in [1.29, 1.82) is 0 Å². The molecule has 146 valence electrons. The maximum absolute atomic E-state index is 5.15. The van der Waals surface area contributed by atoms with E-state index in [0.717, 1.165) is 11.2 Å². The van der Waals surface area contributed by atoms with E-state index in [2.05, 4.69) is 107 Å². The van der Waals surface area contributed by atoms with E-state index in [1.807, 2.05) is 0 Å². The molecule has 0 bridgehead atoms. The Bertz CT molecular complexity index is 1410.